The maximum Gasteiger partial charge on any atom is 0.325 e. The molecule has 1 heterocycles. The van der Waals surface area contributed by atoms with Gasteiger partial charge in [0.05, 0.1) is 11.6 Å². The molecule has 0 fully saturated rings. The summed E-state index contributed by atoms with van der Waals surface area (Å²) in [6, 6.07) is 3.69. The molecule has 0 radical (unpaired) electrons. The third kappa shape index (κ3) is 2.70. The van der Waals surface area contributed by atoms with Gasteiger partial charge < -0.3 is 9.64 Å². The van der Waals surface area contributed by atoms with Gasteiger partial charge in [0.1, 0.15) is 12.4 Å². The number of methoxy groups -OCH3 is 1. The fourth-order valence-corrected chi connectivity index (χ4v) is 1.55. The van der Waals surface area contributed by atoms with Crippen LogP contribution in [0.3, 0.4) is 0 Å². The van der Waals surface area contributed by atoms with Crippen molar-refractivity contribution in [3.8, 4) is 0 Å². The Balaban J connectivity index is 2.74. The van der Waals surface area contributed by atoms with Crippen LogP contribution >= 0.6 is 15.9 Å². The van der Waals surface area contributed by atoms with E-state index in [0.717, 1.165) is 10.3 Å². The van der Waals surface area contributed by atoms with Crippen LogP contribution in [0.4, 0.5) is 5.82 Å². The minimum Gasteiger partial charge on any atom is -0.468 e. The summed E-state index contributed by atoms with van der Waals surface area (Å²) in [7, 11) is 3.15. The number of carbonyl (C=O) groups excluding carboxylic acids is 1. The summed E-state index contributed by atoms with van der Waals surface area (Å²) in [6.45, 7) is 0.187. The third-order valence-electron chi connectivity index (χ3n) is 1.69. The van der Waals surface area contributed by atoms with Gasteiger partial charge >= 0.3 is 5.97 Å². The van der Waals surface area contributed by atoms with Crippen molar-refractivity contribution in [2.75, 3.05) is 25.6 Å². The summed E-state index contributed by atoms with van der Waals surface area (Å²) in [5.41, 5.74) is 0. The lowest BCUT2D eigenvalue weighted by atomic mass is 10.4. The van der Waals surface area contributed by atoms with Gasteiger partial charge in [-0.1, -0.05) is 0 Å². The molecule has 5 heteroatoms. The van der Waals surface area contributed by atoms with Gasteiger partial charge in [0.15, 0.2) is 0 Å². The Morgan fingerprint density at radius 1 is 1.71 bits per heavy atom. The van der Waals surface area contributed by atoms with E-state index >= 15 is 0 Å². The highest BCUT2D eigenvalue weighted by molar-refractivity contribution is 9.10. The molecule has 0 saturated heterocycles. The van der Waals surface area contributed by atoms with Crippen molar-refractivity contribution < 1.29 is 9.53 Å². The summed E-state index contributed by atoms with van der Waals surface area (Å²) >= 11 is 3.35. The molecule has 0 atom stereocenters. The van der Waals surface area contributed by atoms with E-state index in [0.29, 0.717) is 0 Å². The van der Waals surface area contributed by atoms with Gasteiger partial charge in [-0.2, -0.15) is 0 Å². The predicted octanol–water partition coefficient (Wildman–Crippen LogP) is 1.45. The van der Waals surface area contributed by atoms with Gasteiger partial charge in [0, 0.05) is 13.2 Å². The van der Waals surface area contributed by atoms with Crippen molar-refractivity contribution in [1.82, 2.24) is 4.98 Å². The molecular formula is C9H11BrN2O2. The van der Waals surface area contributed by atoms with Crippen LogP contribution in [0.1, 0.15) is 0 Å². The second-order valence-corrected chi connectivity index (χ2v) is 3.60. The van der Waals surface area contributed by atoms with Crippen molar-refractivity contribution in [3.05, 3.63) is 22.8 Å². The number of ether oxygens (including phenoxy) is 1. The van der Waals surface area contributed by atoms with E-state index in [2.05, 4.69) is 25.7 Å². The highest BCUT2D eigenvalue weighted by atomic mass is 79.9. The van der Waals surface area contributed by atoms with E-state index in [1.54, 1.807) is 18.1 Å². The lowest BCUT2D eigenvalue weighted by Crippen LogP contribution is -2.27. The van der Waals surface area contributed by atoms with Gasteiger partial charge in [-0.05, 0) is 28.1 Å². The number of hydrogen-bond acceptors (Lipinski definition) is 4. The lowest BCUT2D eigenvalue weighted by molar-refractivity contribution is -0.138. The van der Waals surface area contributed by atoms with E-state index in [-0.39, 0.29) is 12.5 Å². The van der Waals surface area contributed by atoms with Crippen molar-refractivity contribution in [1.29, 1.82) is 0 Å². The topological polar surface area (TPSA) is 42.4 Å². The van der Waals surface area contributed by atoms with Crippen LogP contribution < -0.4 is 4.90 Å². The second kappa shape index (κ2) is 4.95. The maximum atomic E-state index is 11.0. The first-order chi connectivity index (χ1) is 6.65. The molecule has 14 heavy (non-hydrogen) atoms. The number of nitrogens with zero attached hydrogens (tertiary/aromatic N) is 2. The molecule has 76 valence electrons. The molecule has 0 aliphatic carbocycles. The van der Waals surface area contributed by atoms with Crippen molar-refractivity contribution in [2.24, 2.45) is 0 Å². The molecule has 0 N–H and O–H groups in total. The average molecular weight is 259 g/mol. The summed E-state index contributed by atoms with van der Waals surface area (Å²) < 4.78 is 5.41. The molecule has 0 spiro atoms. The Labute approximate surface area is 91.0 Å². The van der Waals surface area contributed by atoms with Crippen LogP contribution in [0.25, 0.3) is 0 Å². The first-order valence-electron chi connectivity index (χ1n) is 4.03. The molecule has 0 saturated carbocycles. The number of pyridine rings is 1. The minimum absolute atomic E-state index is 0.187. The standard InChI is InChI=1S/C9H11BrN2O2/c1-12(6-8(13)14-2)9-7(10)4-3-5-11-9/h3-5H,6H2,1-2H3. The van der Waals surface area contributed by atoms with E-state index in [1.165, 1.54) is 7.11 Å². The number of rotatable bonds is 3. The van der Waals surface area contributed by atoms with E-state index in [1.807, 2.05) is 12.1 Å². The van der Waals surface area contributed by atoms with E-state index in [4.69, 9.17) is 0 Å². The number of halogens is 1. The van der Waals surface area contributed by atoms with Gasteiger partial charge in [-0.15, -0.1) is 0 Å². The zero-order valence-electron chi connectivity index (χ0n) is 8.03. The number of likely N-dealkylation sites (N-methyl/N-ethyl adjacent to an activating group) is 1. The predicted molar refractivity (Wildman–Crippen MR) is 57.2 cm³/mol. The largest absolute Gasteiger partial charge is 0.468 e. The molecule has 4 nitrogen and oxygen atoms in total. The molecule has 1 rings (SSSR count). The summed E-state index contributed by atoms with van der Waals surface area (Å²) in [6.07, 6.45) is 1.67. The monoisotopic (exact) mass is 258 g/mol. The lowest BCUT2D eigenvalue weighted by Gasteiger charge is -2.17. The number of aromatic nitrogens is 1. The van der Waals surface area contributed by atoms with Crippen LogP contribution in [0, 0.1) is 0 Å². The summed E-state index contributed by atoms with van der Waals surface area (Å²) in [4.78, 5) is 16.9. The average Bonchev–Trinajstić information content (AvgIpc) is 2.18. The minimum atomic E-state index is -0.287. The smallest absolute Gasteiger partial charge is 0.325 e. The van der Waals surface area contributed by atoms with Crippen LogP contribution in [0.15, 0.2) is 22.8 Å². The van der Waals surface area contributed by atoms with Crippen LogP contribution in [0.5, 0.6) is 0 Å². The number of esters is 1. The molecule has 0 amide bonds. The van der Waals surface area contributed by atoms with Crippen LogP contribution in [-0.4, -0.2) is 31.7 Å². The molecule has 1 aromatic heterocycles. The first-order valence-corrected chi connectivity index (χ1v) is 4.83. The molecule has 0 unspecified atom stereocenters. The van der Waals surface area contributed by atoms with Crippen LogP contribution in [-0.2, 0) is 9.53 Å². The molecule has 1 aromatic rings. The zero-order chi connectivity index (χ0) is 10.6. The van der Waals surface area contributed by atoms with Crippen molar-refractivity contribution in [2.45, 2.75) is 0 Å². The van der Waals surface area contributed by atoms with E-state index in [9.17, 15) is 4.79 Å². The van der Waals surface area contributed by atoms with Crippen molar-refractivity contribution in [3.63, 3.8) is 0 Å². The number of anilines is 1. The third-order valence-corrected chi connectivity index (χ3v) is 2.31. The molecule has 0 bridgehead atoms. The SMILES string of the molecule is COC(=O)CN(C)c1ncccc1Br. The Bertz CT molecular complexity index is 330. The van der Waals surface area contributed by atoms with Crippen LogP contribution in [0.2, 0.25) is 0 Å². The molecule has 0 aliphatic rings. The van der Waals surface area contributed by atoms with Gasteiger partial charge in [0.2, 0.25) is 0 Å². The zero-order valence-corrected chi connectivity index (χ0v) is 9.61. The number of carbonyl (C=O) groups is 1. The molecule has 0 aromatic carbocycles. The Morgan fingerprint density at radius 2 is 2.43 bits per heavy atom. The second-order valence-electron chi connectivity index (χ2n) is 2.74. The Morgan fingerprint density at radius 3 is 3.00 bits per heavy atom. The fraction of sp³-hybridized carbons (Fsp3) is 0.333. The summed E-state index contributed by atoms with van der Waals surface area (Å²) in [5, 5.41) is 0. The quantitative estimate of drug-likeness (QED) is 0.770. The highest BCUT2D eigenvalue weighted by Crippen LogP contribution is 2.21. The Kier molecular flexibility index (Phi) is 3.88. The van der Waals surface area contributed by atoms with Crippen molar-refractivity contribution >= 4 is 27.7 Å². The van der Waals surface area contributed by atoms with Gasteiger partial charge in [0.25, 0.3) is 0 Å². The maximum absolute atomic E-state index is 11.0. The fourth-order valence-electron chi connectivity index (χ4n) is 0.991. The van der Waals surface area contributed by atoms with Gasteiger partial charge in [-0.3, -0.25) is 4.79 Å². The summed E-state index contributed by atoms with van der Waals surface area (Å²) in [5.74, 6) is 0.433. The number of hydrogen-bond donors (Lipinski definition) is 0. The highest BCUT2D eigenvalue weighted by Gasteiger charge is 2.10. The van der Waals surface area contributed by atoms with Gasteiger partial charge in [-0.25, -0.2) is 4.98 Å². The molecular weight excluding hydrogens is 248 g/mol. The normalized spacial score (nSPS) is 9.64. The first kappa shape index (κ1) is 11.0. The van der Waals surface area contributed by atoms with E-state index < -0.39 is 0 Å². The molecule has 0 aliphatic heterocycles. The Hall–Kier alpha value is -1.10.